The van der Waals surface area contributed by atoms with E-state index in [0.29, 0.717) is 6.04 Å². The van der Waals surface area contributed by atoms with Gasteiger partial charge in [-0.3, -0.25) is 11.3 Å². The van der Waals surface area contributed by atoms with E-state index in [-0.39, 0.29) is 6.10 Å². The Hall–Kier alpha value is -0.120. The number of ether oxygens (including phenoxy) is 1. The van der Waals surface area contributed by atoms with E-state index in [1.807, 2.05) is 6.92 Å². The molecule has 2 atom stereocenters. The first-order valence-electron chi connectivity index (χ1n) is 8.37. The predicted octanol–water partition coefficient (Wildman–Crippen LogP) is 4.16. The standard InChI is InChI=1S/C16H36N2O/c1-4-7-8-9-10-11-12-13-14-15(18-17)16(5-2)19-6-3/h15-16,18H,4-14,17H2,1-3H3. The first-order chi connectivity index (χ1) is 9.29. The molecule has 3 nitrogen and oxygen atoms in total. The minimum Gasteiger partial charge on any atom is -0.377 e. The van der Waals surface area contributed by atoms with Crippen molar-refractivity contribution in [3.05, 3.63) is 0 Å². The van der Waals surface area contributed by atoms with E-state index in [1.54, 1.807) is 0 Å². The fraction of sp³-hybridized carbons (Fsp3) is 1.00. The number of hydrogen-bond donors (Lipinski definition) is 2. The van der Waals surface area contributed by atoms with Crippen molar-refractivity contribution < 1.29 is 4.74 Å². The van der Waals surface area contributed by atoms with Crippen LogP contribution in [-0.4, -0.2) is 18.8 Å². The minimum absolute atomic E-state index is 0.263. The Morgan fingerprint density at radius 1 is 0.895 bits per heavy atom. The van der Waals surface area contributed by atoms with Gasteiger partial charge < -0.3 is 4.74 Å². The summed E-state index contributed by atoms with van der Waals surface area (Å²) < 4.78 is 5.72. The number of rotatable bonds is 14. The Morgan fingerprint density at radius 2 is 1.47 bits per heavy atom. The molecule has 0 aliphatic heterocycles. The number of unbranched alkanes of at least 4 members (excludes halogenated alkanes) is 7. The van der Waals surface area contributed by atoms with Gasteiger partial charge in [0.05, 0.1) is 6.10 Å². The van der Waals surface area contributed by atoms with Crippen LogP contribution in [0.25, 0.3) is 0 Å². The van der Waals surface area contributed by atoms with E-state index >= 15 is 0 Å². The maximum Gasteiger partial charge on any atom is 0.0738 e. The summed E-state index contributed by atoms with van der Waals surface area (Å²) in [6.07, 6.45) is 13.3. The van der Waals surface area contributed by atoms with Gasteiger partial charge in [0.15, 0.2) is 0 Å². The van der Waals surface area contributed by atoms with Crippen LogP contribution in [0.1, 0.15) is 85.0 Å². The molecule has 0 aromatic carbocycles. The second-order valence-corrected chi connectivity index (χ2v) is 5.44. The molecule has 0 aliphatic carbocycles. The molecule has 0 radical (unpaired) electrons. The van der Waals surface area contributed by atoms with Crippen molar-refractivity contribution in [3.63, 3.8) is 0 Å². The summed E-state index contributed by atoms with van der Waals surface area (Å²) in [4.78, 5) is 0. The number of hydrogen-bond acceptors (Lipinski definition) is 3. The Bertz CT molecular complexity index is 176. The van der Waals surface area contributed by atoms with Crippen LogP contribution in [0, 0.1) is 0 Å². The van der Waals surface area contributed by atoms with Crippen LogP contribution in [-0.2, 0) is 4.74 Å². The molecule has 0 fully saturated rings. The van der Waals surface area contributed by atoms with Crippen molar-refractivity contribution in [1.29, 1.82) is 0 Å². The molecule has 0 heterocycles. The topological polar surface area (TPSA) is 47.3 Å². The third-order valence-electron chi connectivity index (χ3n) is 3.81. The summed E-state index contributed by atoms with van der Waals surface area (Å²) in [7, 11) is 0. The number of nitrogens with one attached hydrogen (secondary N) is 1. The molecule has 0 aromatic rings. The van der Waals surface area contributed by atoms with Crippen molar-refractivity contribution in [2.45, 2.75) is 97.1 Å². The van der Waals surface area contributed by atoms with Crippen molar-refractivity contribution in [1.82, 2.24) is 5.43 Å². The largest absolute Gasteiger partial charge is 0.377 e. The molecular formula is C16H36N2O. The molecule has 116 valence electrons. The molecule has 0 bridgehead atoms. The van der Waals surface area contributed by atoms with Gasteiger partial charge in [-0.1, -0.05) is 65.2 Å². The average Bonchev–Trinajstić information content (AvgIpc) is 2.44. The summed E-state index contributed by atoms with van der Waals surface area (Å²) in [5.41, 5.74) is 2.93. The average molecular weight is 272 g/mol. The third-order valence-corrected chi connectivity index (χ3v) is 3.81. The Labute approximate surface area is 120 Å². The normalized spacial score (nSPS) is 14.5. The van der Waals surface area contributed by atoms with Gasteiger partial charge >= 0.3 is 0 Å². The Kier molecular flexibility index (Phi) is 14.2. The molecule has 3 N–H and O–H groups in total. The molecule has 2 unspecified atom stereocenters. The molecule has 0 aliphatic rings. The van der Waals surface area contributed by atoms with Gasteiger partial charge in [0, 0.05) is 12.6 Å². The molecular weight excluding hydrogens is 236 g/mol. The van der Waals surface area contributed by atoms with Crippen molar-refractivity contribution in [2.75, 3.05) is 6.61 Å². The lowest BCUT2D eigenvalue weighted by Crippen LogP contribution is -2.45. The highest BCUT2D eigenvalue weighted by molar-refractivity contribution is 4.74. The van der Waals surface area contributed by atoms with Gasteiger partial charge in [-0.25, -0.2) is 0 Å². The van der Waals surface area contributed by atoms with E-state index in [9.17, 15) is 0 Å². The SMILES string of the molecule is CCCCCCCCCCC(NN)C(CC)OCC. The fourth-order valence-corrected chi connectivity index (χ4v) is 2.61. The van der Waals surface area contributed by atoms with Crippen LogP contribution >= 0.6 is 0 Å². The van der Waals surface area contributed by atoms with Crippen LogP contribution in [0.3, 0.4) is 0 Å². The van der Waals surface area contributed by atoms with Gasteiger partial charge in [-0.05, 0) is 19.8 Å². The summed E-state index contributed by atoms with van der Waals surface area (Å²) in [5.74, 6) is 5.65. The lowest BCUT2D eigenvalue weighted by molar-refractivity contribution is 0.0290. The lowest BCUT2D eigenvalue weighted by atomic mass is 10.0. The van der Waals surface area contributed by atoms with Crippen LogP contribution in [0.15, 0.2) is 0 Å². The second kappa shape index (κ2) is 14.3. The van der Waals surface area contributed by atoms with Gasteiger partial charge in [0.2, 0.25) is 0 Å². The highest BCUT2D eigenvalue weighted by atomic mass is 16.5. The van der Waals surface area contributed by atoms with Crippen LogP contribution in [0.4, 0.5) is 0 Å². The quantitative estimate of drug-likeness (QED) is 0.283. The maximum absolute atomic E-state index is 5.72. The van der Waals surface area contributed by atoms with Crippen LogP contribution in [0.5, 0.6) is 0 Å². The monoisotopic (exact) mass is 272 g/mol. The van der Waals surface area contributed by atoms with Gasteiger partial charge in [0.25, 0.3) is 0 Å². The molecule has 0 amide bonds. The molecule has 0 aromatic heterocycles. The highest BCUT2D eigenvalue weighted by Gasteiger charge is 2.18. The Morgan fingerprint density at radius 3 is 1.95 bits per heavy atom. The number of nitrogens with two attached hydrogens (primary N) is 1. The molecule has 0 saturated carbocycles. The van der Waals surface area contributed by atoms with Gasteiger partial charge in [-0.15, -0.1) is 0 Å². The number of hydrazine groups is 1. The fourth-order valence-electron chi connectivity index (χ4n) is 2.61. The smallest absolute Gasteiger partial charge is 0.0738 e. The summed E-state index contributed by atoms with van der Waals surface area (Å²) in [5, 5.41) is 0. The van der Waals surface area contributed by atoms with Crippen molar-refractivity contribution >= 4 is 0 Å². The van der Waals surface area contributed by atoms with Gasteiger partial charge in [-0.2, -0.15) is 0 Å². The van der Waals surface area contributed by atoms with Crippen molar-refractivity contribution in [3.8, 4) is 0 Å². The zero-order valence-electron chi connectivity index (χ0n) is 13.4. The molecule has 3 heteroatoms. The summed E-state index contributed by atoms with van der Waals surface area (Å²) >= 11 is 0. The summed E-state index contributed by atoms with van der Waals surface area (Å²) in [6, 6.07) is 0.310. The maximum atomic E-state index is 5.72. The molecule has 0 rings (SSSR count). The summed E-state index contributed by atoms with van der Waals surface area (Å²) in [6.45, 7) is 7.25. The predicted molar refractivity (Wildman–Crippen MR) is 84.0 cm³/mol. The van der Waals surface area contributed by atoms with E-state index in [2.05, 4.69) is 19.3 Å². The first kappa shape index (κ1) is 18.9. The van der Waals surface area contributed by atoms with E-state index in [0.717, 1.165) is 19.4 Å². The van der Waals surface area contributed by atoms with E-state index in [4.69, 9.17) is 10.6 Å². The zero-order chi connectivity index (χ0) is 14.3. The van der Waals surface area contributed by atoms with Crippen LogP contribution < -0.4 is 11.3 Å². The zero-order valence-corrected chi connectivity index (χ0v) is 13.4. The lowest BCUT2D eigenvalue weighted by Gasteiger charge is -2.25. The minimum atomic E-state index is 0.263. The first-order valence-corrected chi connectivity index (χ1v) is 8.37. The molecule has 0 spiro atoms. The van der Waals surface area contributed by atoms with E-state index in [1.165, 1.54) is 51.4 Å². The van der Waals surface area contributed by atoms with E-state index < -0.39 is 0 Å². The van der Waals surface area contributed by atoms with Gasteiger partial charge in [0.1, 0.15) is 0 Å². The third kappa shape index (κ3) is 10.3. The Balaban J connectivity index is 3.55. The highest BCUT2D eigenvalue weighted by Crippen LogP contribution is 2.14. The second-order valence-electron chi connectivity index (χ2n) is 5.44. The molecule has 0 saturated heterocycles. The van der Waals surface area contributed by atoms with Crippen molar-refractivity contribution in [2.24, 2.45) is 5.84 Å². The van der Waals surface area contributed by atoms with Crippen LogP contribution in [0.2, 0.25) is 0 Å². The molecule has 19 heavy (non-hydrogen) atoms.